The minimum atomic E-state index is -0.0223. The average Bonchev–Trinajstić information content (AvgIpc) is 2.50. The van der Waals surface area contributed by atoms with Crippen LogP contribution in [-0.4, -0.2) is 48.7 Å². The van der Waals surface area contributed by atoms with Crippen LogP contribution in [0, 0.1) is 0 Å². The van der Waals surface area contributed by atoms with Crippen LogP contribution in [0.4, 0.5) is 5.69 Å². The maximum Gasteiger partial charge on any atom is 0.0854 e. The average molecular weight is 287 g/mol. The highest BCUT2D eigenvalue weighted by Gasteiger charge is 2.12. The summed E-state index contributed by atoms with van der Waals surface area (Å²) in [5.41, 5.74) is 2.85. The van der Waals surface area contributed by atoms with Crippen molar-refractivity contribution in [3.8, 4) is 0 Å². The number of hydrogen-bond acceptors (Lipinski definition) is 4. The third-order valence-corrected chi connectivity index (χ3v) is 3.56. The van der Waals surface area contributed by atoms with Gasteiger partial charge in [0.25, 0.3) is 0 Å². The first-order valence-electron chi connectivity index (χ1n) is 7.55. The maximum absolute atomic E-state index is 9.46. The van der Waals surface area contributed by atoms with Gasteiger partial charge in [0.15, 0.2) is 0 Å². The monoisotopic (exact) mass is 287 g/mol. The molecule has 0 fully saturated rings. The summed E-state index contributed by atoms with van der Waals surface area (Å²) in [5.74, 6) is 0. The highest BCUT2D eigenvalue weighted by Crippen LogP contribution is 2.27. The summed E-state index contributed by atoms with van der Waals surface area (Å²) in [6.07, 6.45) is 1.10. The molecule has 4 nitrogen and oxygen atoms in total. The van der Waals surface area contributed by atoms with Crippen LogP contribution >= 0.6 is 0 Å². The Morgan fingerprint density at radius 3 is 2.52 bits per heavy atom. The second kappa shape index (κ2) is 7.38. The summed E-state index contributed by atoms with van der Waals surface area (Å²) in [4.78, 5) is 9.09. The van der Waals surface area contributed by atoms with E-state index in [4.69, 9.17) is 0 Å². The van der Waals surface area contributed by atoms with Crippen molar-refractivity contribution in [2.24, 2.45) is 0 Å². The van der Waals surface area contributed by atoms with E-state index in [0.717, 1.165) is 42.7 Å². The summed E-state index contributed by atoms with van der Waals surface area (Å²) >= 11 is 0. The number of aliphatic hydroxyl groups is 1. The van der Waals surface area contributed by atoms with Crippen molar-refractivity contribution in [2.75, 3.05) is 38.6 Å². The fourth-order valence-corrected chi connectivity index (χ4v) is 2.50. The number of benzene rings is 1. The van der Waals surface area contributed by atoms with Crippen LogP contribution in [0.15, 0.2) is 30.3 Å². The van der Waals surface area contributed by atoms with Crippen LogP contribution in [0.5, 0.6) is 0 Å². The van der Waals surface area contributed by atoms with Crippen molar-refractivity contribution in [3.05, 3.63) is 36.0 Å². The van der Waals surface area contributed by atoms with E-state index < -0.39 is 0 Å². The van der Waals surface area contributed by atoms with Gasteiger partial charge in [-0.2, -0.15) is 0 Å². The summed E-state index contributed by atoms with van der Waals surface area (Å²) in [6, 6.07) is 10.2. The second-order valence-corrected chi connectivity index (χ2v) is 5.60. The number of pyridine rings is 1. The van der Waals surface area contributed by atoms with Crippen molar-refractivity contribution in [2.45, 2.75) is 20.0 Å². The van der Waals surface area contributed by atoms with Crippen LogP contribution in [0.3, 0.4) is 0 Å². The summed E-state index contributed by atoms with van der Waals surface area (Å²) in [5, 5.41) is 10.6. The van der Waals surface area contributed by atoms with Gasteiger partial charge in [0.1, 0.15) is 0 Å². The first kappa shape index (κ1) is 15.7. The molecule has 2 rings (SSSR count). The van der Waals surface area contributed by atoms with Crippen LogP contribution in [-0.2, 0) is 6.61 Å². The van der Waals surface area contributed by atoms with E-state index in [0.29, 0.717) is 0 Å². The topological polar surface area (TPSA) is 39.6 Å². The summed E-state index contributed by atoms with van der Waals surface area (Å²) in [7, 11) is 4.18. The summed E-state index contributed by atoms with van der Waals surface area (Å²) < 4.78 is 0. The van der Waals surface area contributed by atoms with Gasteiger partial charge in [-0.05, 0) is 32.6 Å². The Morgan fingerprint density at radius 2 is 1.86 bits per heavy atom. The fraction of sp³-hybridized carbons (Fsp3) is 0.471. The quantitative estimate of drug-likeness (QED) is 0.849. The third-order valence-electron chi connectivity index (χ3n) is 3.56. The smallest absolute Gasteiger partial charge is 0.0854 e. The Balaban J connectivity index is 2.44. The van der Waals surface area contributed by atoms with Gasteiger partial charge < -0.3 is 14.9 Å². The van der Waals surface area contributed by atoms with Gasteiger partial charge >= 0.3 is 0 Å². The van der Waals surface area contributed by atoms with Gasteiger partial charge in [-0.3, -0.25) is 4.98 Å². The zero-order chi connectivity index (χ0) is 15.2. The predicted octanol–water partition coefficient (Wildman–Crippen LogP) is 2.51. The molecule has 1 heterocycles. The lowest BCUT2D eigenvalue weighted by Crippen LogP contribution is -2.32. The minimum absolute atomic E-state index is 0.0223. The van der Waals surface area contributed by atoms with Gasteiger partial charge in [0.05, 0.1) is 17.8 Å². The normalized spacial score (nSPS) is 11.3. The molecule has 0 aliphatic carbocycles. The van der Waals surface area contributed by atoms with E-state index in [1.807, 2.05) is 24.3 Å². The van der Waals surface area contributed by atoms with Gasteiger partial charge in [-0.1, -0.05) is 25.1 Å². The minimum Gasteiger partial charge on any atom is -0.390 e. The molecule has 0 aliphatic heterocycles. The number of anilines is 1. The maximum atomic E-state index is 9.46. The molecule has 1 aromatic heterocycles. The second-order valence-electron chi connectivity index (χ2n) is 5.60. The molecule has 2 aromatic rings. The highest BCUT2D eigenvalue weighted by molar-refractivity contribution is 5.92. The fourth-order valence-electron chi connectivity index (χ4n) is 2.50. The molecule has 1 N–H and O–H groups in total. The van der Waals surface area contributed by atoms with Gasteiger partial charge in [-0.25, -0.2) is 0 Å². The zero-order valence-corrected chi connectivity index (χ0v) is 13.2. The number of para-hydroxylation sites is 1. The molecule has 114 valence electrons. The number of nitrogens with zero attached hydrogens (tertiary/aromatic N) is 3. The van der Waals surface area contributed by atoms with Gasteiger partial charge in [-0.15, -0.1) is 0 Å². The summed E-state index contributed by atoms with van der Waals surface area (Å²) in [6.45, 7) is 5.15. The molecule has 0 unspecified atom stereocenters. The van der Waals surface area contributed by atoms with Gasteiger partial charge in [0, 0.05) is 30.7 Å². The molecule has 0 amide bonds. The Kier molecular flexibility index (Phi) is 5.53. The van der Waals surface area contributed by atoms with E-state index in [9.17, 15) is 5.11 Å². The van der Waals surface area contributed by atoms with E-state index >= 15 is 0 Å². The number of aromatic nitrogens is 1. The molecule has 0 atom stereocenters. The number of fused-ring (bicyclic) bond motifs is 1. The van der Waals surface area contributed by atoms with Gasteiger partial charge in [0.2, 0.25) is 0 Å². The van der Waals surface area contributed by atoms with E-state index in [2.05, 4.69) is 41.9 Å². The van der Waals surface area contributed by atoms with Crippen molar-refractivity contribution < 1.29 is 5.11 Å². The molecule has 21 heavy (non-hydrogen) atoms. The molecule has 1 aromatic carbocycles. The molecular weight excluding hydrogens is 262 g/mol. The molecule has 0 saturated heterocycles. The van der Waals surface area contributed by atoms with E-state index in [-0.39, 0.29) is 6.61 Å². The Morgan fingerprint density at radius 1 is 1.10 bits per heavy atom. The molecule has 0 bridgehead atoms. The van der Waals surface area contributed by atoms with Crippen LogP contribution in [0.25, 0.3) is 10.9 Å². The number of likely N-dealkylation sites (N-methyl/N-ethyl adjacent to an activating group) is 1. The first-order chi connectivity index (χ1) is 10.2. The van der Waals surface area contributed by atoms with Crippen molar-refractivity contribution in [1.82, 2.24) is 9.88 Å². The Labute approximate surface area is 127 Å². The molecule has 0 saturated carbocycles. The molecular formula is C17H25N3O. The van der Waals surface area contributed by atoms with Crippen LogP contribution in [0.1, 0.15) is 19.0 Å². The number of hydrogen-bond donors (Lipinski definition) is 1. The molecule has 0 radical (unpaired) electrons. The zero-order valence-electron chi connectivity index (χ0n) is 13.2. The standard InChI is InChI=1S/C17H25N3O/c1-4-9-20(11-10-19(2)3)17-12-14(13-21)18-16-8-6-5-7-15(16)17/h5-8,12,21H,4,9-11,13H2,1-3H3. The first-order valence-corrected chi connectivity index (χ1v) is 7.55. The van der Waals surface area contributed by atoms with Crippen LogP contribution < -0.4 is 4.90 Å². The molecule has 0 spiro atoms. The highest BCUT2D eigenvalue weighted by atomic mass is 16.3. The molecule has 4 heteroatoms. The van der Waals surface area contributed by atoms with Crippen molar-refractivity contribution in [1.29, 1.82) is 0 Å². The van der Waals surface area contributed by atoms with E-state index in [1.54, 1.807) is 0 Å². The SMILES string of the molecule is CCCN(CCN(C)C)c1cc(CO)nc2ccccc12. The van der Waals surface area contributed by atoms with Crippen LogP contribution in [0.2, 0.25) is 0 Å². The lowest BCUT2D eigenvalue weighted by Gasteiger charge is -2.27. The lowest BCUT2D eigenvalue weighted by atomic mass is 10.1. The number of aliphatic hydroxyl groups excluding tert-OH is 1. The van der Waals surface area contributed by atoms with Crippen molar-refractivity contribution in [3.63, 3.8) is 0 Å². The lowest BCUT2D eigenvalue weighted by molar-refractivity contribution is 0.277. The van der Waals surface area contributed by atoms with Crippen molar-refractivity contribution >= 4 is 16.6 Å². The van der Waals surface area contributed by atoms with E-state index in [1.165, 1.54) is 5.69 Å². The largest absolute Gasteiger partial charge is 0.390 e. The Bertz CT molecular complexity index is 583. The Hall–Kier alpha value is -1.65. The third kappa shape index (κ3) is 3.93. The number of rotatable bonds is 7. The predicted molar refractivity (Wildman–Crippen MR) is 88.7 cm³/mol. The molecule has 0 aliphatic rings.